The van der Waals surface area contributed by atoms with Gasteiger partial charge in [-0.3, -0.25) is 9.59 Å². The minimum absolute atomic E-state index is 0.0825. The average molecular weight is 335 g/mol. The van der Waals surface area contributed by atoms with Crippen LogP contribution < -0.4 is 16.8 Å². The molecule has 0 fully saturated rings. The van der Waals surface area contributed by atoms with Crippen LogP contribution in [0.3, 0.4) is 0 Å². The van der Waals surface area contributed by atoms with Crippen molar-refractivity contribution in [1.29, 1.82) is 0 Å². The van der Waals surface area contributed by atoms with Crippen molar-refractivity contribution in [3.63, 3.8) is 0 Å². The van der Waals surface area contributed by atoms with E-state index in [1.807, 2.05) is 0 Å². The predicted molar refractivity (Wildman–Crippen MR) is 84.7 cm³/mol. The molecule has 7 nitrogen and oxygen atoms in total. The van der Waals surface area contributed by atoms with Crippen LogP contribution >= 0.6 is 0 Å². The zero-order valence-corrected chi connectivity index (χ0v) is 13.3. The van der Waals surface area contributed by atoms with Crippen LogP contribution in [0.1, 0.15) is 5.56 Å². The summed E-state index contributed by atoms with van der Waals surface area (Å²) in [6.07, 6.45) is 5.80. The third-order valence-electron chi connectivity index (χ3n) is 3.54. The van der Waals surface area contributed by atoms with Crippen LogP contribution in [0, 0.1) is 0 Å². The molecule has 1 aromatic rings. The summed E-state index contributed by atoms with van der Waals surface area (Å²) in [5, 5.41) is 2.77. The van der Waals surface area contributed by atoms with Gasteiger partial charge in [-0.15, -0.1) is 0 Å². The summed E-state index contributed by atoms with van der Waals surface area (Å²) in [6, 6.07) is 6.10. The van der Waals surface area contributed by atoms with Crippen molar-refractivity contribution in [1.82, 2.24) is 5.32 Å². The Morgan fingerprint density at radius 3 is 2.26 bits per heavy atom. The van der Waals surface area contributed by atoms with E-state index in [1.54, 1.807) is 18.2 Å². The van der Waals surface area contributed by atoms with Gasteiger partial charge in [-0.1, -0.05) is 18.2 Å². The smallest absolute Gasteiger partial charge is 0.264 e. The normalized spacial score (nSPS) is 20.5. The summed E-state index contributed by atoms with van der Waals surface area (Å²) >= 11 is 0. The molecule has 0 spiro atoms. The molecule has 0 radical (unpaired) electrons. The third-order valence-corrected chi connectivity index (χ3v) is 4.67. The molecule has 0 saturated heterocycles. The molecule has 1 atom stereocenters. The minimum Gasteiger partial charge on any atom is -0.367 e. The molecule has 0 aromatic heterocycles. The number of carbonyl (C=O) groups excluding carboxylic acids is 2. The van der Waals surface area contributed by atoms with E-state index in [0.29, 0.717) is 5.56 Å². The van der Waals surface area contributed by atoms with Crippen molar-refractivity contribution >= 4 is 21.7 Å². The highest BCUT2D eigenvalue weighted by molar-refractivity contribution is 7.90. The molecule has 122 valence electrons. The van der Waals surface area contributed by atoms with Gasteiger partial charge in [0.25, 0.3) is 5.91 Å². The molecule has 1 unspecified atom stereocenters. The zero-order chi connectivity index (χ0) is 17.3. The number of sulfone groups is 1. The first-order valence-corrected chi connectivity index (χ1v) is 8.60. The second-order valence-electron chi connectivity index (χ2n) is 5.36. The number of primary amides is 2. The van der Waals surface area contributed by atoms with E-state index >= 15 is 0 Å². The molecule has 2 rings (SSSR count). The number of dihydropyridines is 1. The molecule has 0 saturated carbocycles. The monoisotopic (exact) mass is 335 g/mol. The summed E-state index contributed by atoms with van der Waals surface area (Å²) < 4.78 is 22.9. The number of hydrogen-bond acceptors (Lipinski definition) is 5. The summed E-state index contributed by atoms with van der Waals surface area (Å²) in [7, 11) is -3.30. The SMILES string of the molecule is CS(=O)(=O)c1ccc(CC2(C(N)=O)C=CC=C(C(N)=O)N2)cc1. The van der Waals surface area contributed by atoms with Crippen molar-refractivity contribution in [3.05, 3.63) is 53.8 Å². The number of rotatable bonds is 5. The molecule has 1 heterocycles. The molecule has 23 heavy (non-hydrogen) atoms. The maximum Gasteiger partial charge on any atom is 0.264 e. The third kappa shape index (κ3) is 3.59. The van der Waals surface area contributed by atoms with Gasteiger partial charge in [-0.2, -0.15) is 0 Å². The van der Waals surface area contributed by atoms with Gasteiger partial charge in [-0.05, 0) is 29.8 Å². The quantitative estimate of drug-likeness (QED) is 0.660. The van der Waals surface area contributed by atoms with E-state index < -0.39 is 27.2 Å². The van der Waals surface area contributed by atoms with Gasteiger partial charge in [0.1, 0.15) is 11.2 Å². The van der Waals surface area contributed by atoms with Crippen LogP contribution in [-0.4, -0.2) is 32.0 Å². The molecule has 5 N–H and O–H groups in total. The van der Waals surface area contributed by atoms with Gasteiger partial charge in [0.15, 0.2) is 9.84 Å². The van der Waals surface area contributed by atoms with E-state index in [2.05, 4.69) is 5.32 Å². The van der Waals surface area contributed by atoms with Crippen LogP contribution in [0.15, 0.2) is 53.1 Å². The Hall–Kier alpha value is -2.61. The summed E-state index contributed by atoms with van der Waals surface area (Å²) in [5.41, 5.74) is 10.2. The highest BCUT2D eigenvalue weighted by Crippen LogP contribution is 2.21. The maximum absolute atomic E-state index is 11.9. The molecule has 8 heteroatoms. The maximum atomic E-state index is 11.9. The molecular weight excluding hydrogens is 318 g/mol. The Kier molecular flexibility index (Phi) is 4.28. The molecule has 0 aliphatic carbocycles. The fourth-order valence-corrected chi connectivity index (χ4v) is 2.92. The zero-order valence-electron chi connectivity index (χ0n) is 12.4. The van der Waals surface area contributed by atoms with Crippen molar-refractivity contribution < 1.29 is 18.0 Å². The van der Waals surface area contributed by atoms with Gasteiger partial charge in [-0.25, -0.2) is 8.42 Å². The van der Waals surface area contributed by atoms with Crippen molar-refractivity contribution in [2.24, 2.45) is 11.5 Å². The predicted octanol–water partition coefficient (Wildman–Crippen LogP) is -0.615. The Bertz CT molecular complexity index is 810. The van der Waals surface area contributed by atoms with Gasteiger partial charge in [0, 0.05) is 12.7 Å². The number of nitrogens with one attached hydrogen (secondary N) is 1. The highest BCUT2D eigenvalue weighted by atomic mass is 32.2. The fraction of sp³-hybridized carbons (Fsp3) is 0.200. The van der Waals surface area contributed by atoms with Crippen LogP contribution in [0.25, 0.3) is 0 Å². The van der Waals surface area contributed by atoms with Crippen LogP contribution in [0.4, 0.5) is 0 Å². The Morgan fingerprint density at radius 2 is 1.78 bits per heavy atom. The first kappa shape index (κ1) is 16.8. The number of benzene rings is 1. The lowest BCUT2D eigenvalue weighted by Crippen LogP contribution is -2.57. The number of hydrogen-bond donors (Lipinski definition) is 3. The number of amides is 2. The average Bonchev–Trinajstić information content (AvgIpc) is 2.47. The molecule has 1 aliphatic heterocycles. The number of allylic oxidation sites excluding steroid dienone is 2. The topological polar surface area (TPSA) is 132 Å². The van der Waals surface area contributed by atoms with E-state index in [-0.39, 0.29) is 17.0 Å². The van der Waals surface area contributed by atoms with E-state index in [9.17, 15) is 18.0 Å². The van der Waals surface area contributed by atoms with Gasteiger partial charge in [0.05, 0.1) is 4.90 Å². The number of nitrogens with two attached hydrogens (primary N) is 2. The lowest BCUT2D eigenvalue weighted by atomic mass is 9.87. The molecular formula is C15H17N3O4S. The number of carbonyl (C=O) groups is 2. The first-order chi connectivity index (χ1) is 10.6. The molecule has 2 amide bonds. The van der Waals surface area contributed by atoms with Crippen molar-refractivity contribution in [2.75, 3.05) is 6.26 Å². The largest absolute Gasteiger partial charge is 0.367 e. The van der Waals surface area contributed by atoms with E-state index in [0.717, 1.165) is 6.26 Å². The van der Waals surface area contributed by atoms with Gasteiger partial charge >= 0.3 is 0 Å². The Morgan fingerprint density at radius 1 is 1.17 bits per heavy atom. The second kappa shape index (κ2) is 5.88. The molecule has 1 aromatic carbocycles. The van der Waals surface area contributed by atoms with E-state index in [1.165, 1.54) is 24.3 Å². The summed E-state index contributed by atoms with van der Waals surface area (Å²) in [5.74, 6) is -1.37. The fourth-order valence-electron chi connectivity index (χ4n) is 2.29. The lowest BCUT2D eigenvalue weighted by Gasteiger charge is -2.32. The van der Waals surface area contributed by atoms with Crippen LogP contribution in [0.5, 0.6) is 0 Å². The summed E-state index contributed by atoms with van der Waals surface area (Å²) in [4.78, 5) is 23.4. The van der Waals surface area contributed by atoms with Crippen molar-refractivity contribution in [3.8, 4) is 0 Å². The Balaban J connectivity index is 2.31. The highest BCUT2D eigenvalue weighted by Gasteiger charge is 2.37. The van der Waals surface area contributed by atoms with Gasteiger partial charge in [0.2, 0.25) is 5.91 Å². The second-order valence-corrected chi connectivity index (χ2v) is 7.37. The molecule has 0 bridgehead atoms. The Labute approximate surface area is 134 Å². The van der Waals surface area contributed by atoms with Crippen LogP contribution in [-0.2, 0) is 25.8 Å². The first-order valence-electron chi connectivity index (χ1n) is 6.70. The standard InChI is InChI=1S/C15H17N3O4S/c1-23(21,22)11-6-4-10(5-7-11)9-15(14(17)20)8-2-3-12(18-15)13(16)19/h2-8,18H,9H2,1H3,(H2,16,19)(H2,17,20). The summed E-state index contributed by atoms with van der Waals surface area (Å²) in [6.45, 7) is 0. The van der Waals surface area contributed by atoms with E-state index in [4.69, 9.17) is 11.5 Å². The molecule has 1 aliphatic rings. The van der Waals surface area contributed by atoms with Gasteiger partial charge < -0.3 is 16.8 Å². The minimum atomic E-state index is -3.30. The van der Waals surface area contributed by atoms with Crippen molar-refractivity contribution in [2.45, 2.75) is 16.9 Å². The lowest BCUT2D eigenvalue weighted by molar-refractivity contribution is -0.122. The van der Waals surface area contributed by atoms with Crippen LogP contribution in [0.2, 0.25) is 0 Å².